The van der Waals surface area contributed by atoms with Crippen LogP contribution < -0.4 is 10.9 Å². The van der Waals surface area contributed by atoms with Gasteiger partial charge in [-0.15, -0.1) is 0 Å². The standard InChI is InChI=1S/C18H18FN3O2/c19-12-5-8-14-16(11-12)22(18(24)15-3-1-9-21(14)15)10-2-4-17(23)20-13-6-7-13/h1,3,5,8-9,11,13H,2,4,6-7,10H2,(H,20,23). The van der Waals surface area contributed by atoms with Gasteiger partial charge in [0.05, 0.1) is 11.0 Å². The van der Waals surface area contributed by atoms with Crippen molar-refractivity contribution in [2.45, 2.75) is 38.3 Å². The van der Waals surface area contributed by atoms with Crippen molar-refractivity contribution >= 4 is 22.5 Å². The Hall–Kier alpha value is -2.63. The molecule has 0 radical (unpaired) electrons. The van der Waals surface area contributed by atoms with Crippen LogP contribution in [-0.4, -0.2) is 20.9 Å². The Balaban J connectivity index is 1.66. The van der Waals surface area contributed by atoms with E-state index in [2.05, 4.69) is 5.32 Å². The smallest absolute Gasteiger partial charge is 0.275 e. The fourth-order valence-corrected chi connectivity index (χ4v) is 3.08. The molecule has 6 heteroatoms. The molecule has 1 aliphatic carbocycles. The summed E-state index contributed by atoms with van der Waals surface area (Å²) in [6, 6.07) is 8.33. The molecule has 1 saturated carbocycles. The number of nitrogens with zero attached hydrogens (tertiary/aromatic N) is 2. The number of fused-ring (bicyclic) bond motifs is 3. The fraction of sp³-hybridized carbons (Fsp3) is 0.333. The van der Waals surface area contributed by atoms with E-state index in [1.165, 1.54) is 12.1 Å². The van der Waals surface area contributed by atoms with E-state index in [-0.39, 0.29) is 17.3 Å². The monoisotopic (exact) mass is 327 g/mol. The minimum Gasteiger partial charge on any atom is -0.353 e. The second-order valence-electron chi connectivity index (χ2n) is 6.30. The van der Waals surface area contributed by atoms with Crippen molar-refractivity contribution in [3.8, 4) is 0 Å². The van der Waals surface area contributed by atoms with Gasteiger partial charge in [0.1, 0.15) is 11.3 Å². The minimum atomic E-state index is -0.381. The zero-order valence-electron chi connectivity index (χ0n) is 13.2. The van der Waals surface area contributed by atoms with E-state index in [0.717, 1.165) is 18.4 Å². The Morgan fingerprint density at radius 2 is 2.04 bits per heavy atom. The van der Waals surface area contributed by atoms with Crippen LogP contribution in [-0.2, 0) is 11.3 Å². The van der Waals surface area contributed by atoms with Crippen LogP contribution >= 0.6 is 0 Å². The Bertz CT molecular complexity index is 985. The molecule has 0 unspecified atom stereocenters. The Kier molecular flexibility index (Phi) is 3.59. The maximum atomic E-state index is 13.7. The number of hydrogen-bond donors (Lipinski definition) is 1. The Morgan fingerprint density at radius 3 is 2.83 bits per heavy atom. The van der Waals surface area contributed by atoms with Crippen LogP contribution in [0.2, 0.25) is 0 Å². The molecule has 124 valence electrons. The topological polar surface area (TPSA) is 55.5 Å². The highest BCUT2D eigenvalue weighted by atomic mass is 19.1. The van der Waals surface area contributed by atoms with Crippen LogP contribution in [0.15, 0.2) is 41.3 Å². The predicted molar refractivity (Wildman–Crippen MR) is 89.5 cm³/mol. The van der Waals surface area contributed by atoms with Gasteiger partial charge in [-0.2, -0.15) is 0 Å². The maximum Gasteiger partial charge on any atom is 0.275 e. The van der Waals surface area contributed by atoms with Crippen molar-refractivity contribution in [2.24, 2.45) is 0 Å². The van der Waals surface area contributed by atoms with Gasteiger partial charge in [-0.25, -0.2) is 4.39 Å². The summed E-state index contributed by atoms with van der Waals surface area (Å²) in [6.07, 6.45) is 4.82. The first-order chi connectivity index (χ1) is 11.6. The number of halogens is 1. The molecule has 1 amide bonds. The zero-order valence-corrected chi connectivity index (χ0v) is 13.2. The van der Waals surface area contributed by atoms with Crippen LogP contribution in [0.4, 0.5) is 4.39 Å². The molecule has 24 heavy (non-hydrogen) atoms. The summed E-state index contributed by atoms with van der Waals surface area (Å²) in [5.41, 5.74) is 1.71. The SMILES string of the molecule is O=C(CCCn1c(=O)c2cccn2c2ccc(F)cc21)NC1CC1. The molecule has 0 atom stereocenters. The van der Waals surface area contributed by atoms with Crippen molar-refractivity contribution in [2.75, 3.05) is 0 Å². The maximum absolute atomic E-state index is 13.7. The van der Waals surface area contributed by atoms with Crippen molar-refractivity contribution < 1.29 is 9.18 Å². The molecule has 0 bridgehead atoms. The third-order valence-electron chi connectivity index (χ3n) is 4.43. The second kappa shape index (κ2) is 5.78. The van der Waals surface area contributed by atoms with Crippen LogP contribution in [0.5, 0.6) is 0 Å². The highest BCUT2D eigenvalue weighted by Crippen LogP contribution is 2.19. The molecule has 1 aromatic carbocycles. The molecule has 0 saturated heterocycles. The molecule has 2 aromatic heterocycles. The summed E-state index contributed by atoms with van der Waals surface area (Å²) in [5, 5.41) is 2.94. The van der Waals surface area contributed by atoms with Crippen LogP contribution in [0.3, 0.4) is 0 Å². The van der Waals surface area contributed by atoms with E-state index < -0.39 is 0 Å². The van der Waals surface area contributed by atoms with Crippen LogP contribution in [0.1, 0.15) is 25.7 Å². The van der Waals surface area contributed by atoms with E-state index >= 15 is 0 Å². The molecular weight excluding hydrogens is 309 g/mol. The predicted octanol–water partition coefficient (Wildman–Crippen LogP) is 2.45. The zero-order chi connectivity index (χ0) is 16.7. The molecule has 1 N–H and O–H groups in total. The third-order valence-corrected chi connectivity index (χ3v) is 4.43. The first kappa shape index (κ1) is 14.9. The molecule has 2 heterocycles. The van der Waals surface area contributed by atoms with Crippen molar-refractivity contribution in [1.82, 2.24) is 14.3 Å². The van der Waals surface area contributed by atoms with Gasteiger partial charge in [0.25, 0.3) is 5.56 Å². The number of amides is 1. The van der Waals surface area contributed by atoms with Crippen molar-refractivity contribution in [3.63, 3.8) is 0 Å². The fourth-order valence-electron chi connectivity index (χ4n) is 3.08. The van der Waals surface area contributed by atoms with Gasteiger partial charge in [-0.05, 0) is 49.6 Å². The lowest BCUT2D eigenvalue weighted by Gasteiger charge is -2.12. The van der Waals surface area contributed by atoms with Gasteiger partial charge in [0.15, 0.2) is 0 Å². The lowest BCUT2D eigenvalue weighted by atomic mass is 10.2. The third kappa shape index (κ3) is 2.68. The van der Waals surface area contributed by atoms with E-state index in [1.54, 1.807) is 33.4 Å². The minimum absolute atomic E-state index is 0.0183. The number of aryl methyl sites for hydroxylation is 1. The lowest BCUT2D eigenvalue weighted by molar-refractivity contribution is -0.121. The van der Waals surface area contributed by atoms with E-state index in [9.17, 15) is 14.0 Å². The van der Waals surface area contributed by atoms with Gasteiger partial charge < -0.3 is 14.3 Å². The molecule has 0 spiro atoms. The molecule has 0 aliphatic heterocycles. The number of aromatic nitrogens is 2. The largest absolute Gasteiger partial charge is 0.353 e. The summed E-state index contributed by atoms with van der Waals surface area (Å²) < 4.78 is 17.0. The van der Waals surface area contributed by atoms with Gasteiger partial charge in [-0.3, -0.25) is 9.59 Å². The number of nitrogens with one attached hydrogen (secondary N) is 1. The lowest BCUT2D eigenvalue weighted by Crippen LogP contribution is -2.27. The highest BCUT2D eigenvalue weighted by Gasteiger charge is 2.22. The Morgan fingerprint density at radius 1 is 1.21 bits per heavy atom. The number of benzene rings is 1. The van der Waals surface area contributed by atoms with Crippen LogP contribution in [0.25, 0.3) is 16.6 Å². The summed E-state index contributed by atoms with van der Waals surface area (Å²) in [5.74, 6) is -0.363. The van der Waals surface area contributed by atoms with E-state index in [1.807, 2.05) is 0 Å². The number of carbonyl (C=O) groups is 1. The Labute approximate surface area is 137 Å². The van der Waals surface area contributed by atoms with Crippen molar-refractivity contribution in [3.05, 3.63) is 52.7 Å². The molecule has 5 nitrogen and oxygen atoms in total. The van der Waals surface area contributed by atoms with Crippen LogP contribution in [0, 0.1) is 5.82 Å². The molecule has 4 rings (SSSR count). The number of rotatable bonds is 5. The molecular formula is C18H18FN3O2. The first-order valence-electron chi connectivity index (χ1n) is 8.22. The number of carbonyl (C=O) groups excluding carboxylic acids is 1. The van der Waals surface area contributed by atoms with Crippen molar-refractivity contribution in [1.29, 1.82) is 0 Å². The van der Waals surface area contributed by atoms with Gasteiger partial charge in [0, 0.05) is 25.2 Å². The van der Waals surface area contributed by atoms with E-state index in [0.29, 0.717) is 36.5 Å². The average molecular weight is 327 g/mol. The quantitative estimate of drug-likeness (QED) is 0.782. The number of hydrogen-bond acceptors (Lipinski definition) is 2. The summed E-state index contributed by atoms with van der Waals surface area (Å²) >= 11 is 0. The summed E-state index contributed by atoms with van der Waals surface area (Å²) in [6.45, 7) is 0.387. The van der Waals surface area contributed by atoms with E-state index in [4.69, 9.17) is 0 Å². The van der Waals surface area contributed by atoms with Gasteiger partial charge in [-0.1, -0.05) is 0 Å². The summed E-state index contributed by atoms with van der Waals surface area (Å²) in [4.78, 5) is 24.5. The normalized spacial score (nSPS) is 14.4. The highest BCUT2D eigenvalue weighted by molar-refractivity contribution is 5.79. The second-order valence-corrected chi connectivity index (χ2v) is 6.30. The molecule has 1 fully saturated rings. The molecule has 3 aromatic rings. The average Bonchev–Trinajstić information content (AvgIpc) is 3.22. The molecule has 1 aliphatic rings. The van der Waals surface area contributed by atoms with Gasteiger partial charge >= 0.3 is 0 Å². The first-order valence-corrected chi connectivity index (χ1v) is 8.22. The summed E-state index contributed by atoms with van der Waals surface area (Å²) in [7, 11) is 0. The van der Waals surface area contributed by atoms with Gasteiger partial charge in [0.2, 0.25) is 5.91 Å².